The van der Waals surface area contributed by atoms with Crippen LogP contribution in [-0.2, 0) is 0 Å². The number of pyridine rings is 1. The molecule has 1 aliphatic heterocycles. The van der Waals surface area contributed by atoms with Crippen molar-refractivity contribution >= 4 is 5.82 Å². The fraction of sp³-hybridized carbons (Fsp3) is 0.688. The Balaban J connectivity index is 2.14. The Kier molecular flexibility index (Phi) is 5.65. The van der Waals surface area contributed by atoms with Crippen molar-refractivity contribution in [2.24, 2.45) is 0 Å². The Labute approximate surface area is 122 Å². The van der Waals surface area contributed by atoms with Gasteiger partial charge in [0.25, 0.3) is 0 Å². The van der Waals surface area contributed by atoms with Gasteiger partial charge in [-0.05, 0) is 38.3 Å². The van der Waals surface area contributed by atoms with Gasteiger partial charge in [-0.2, -0.15) is 0 Å². The van der Waals surface area contributed by atoms with Gasteiger partial charge in [0.05, 0.1) is 6.61 Å². The first-order valence-electron chi connectivity index (χ1n) is 7.80. The van der Waals surface area contributed by atoms with E-state index in [4.69, 9.17) is 4.74 Å². The molecular weight excluding hydrogens is 250 g/mol. The second-order valence-corrected chi connectivity index (χ2v) is 5.66. The number of piperidine rings is 1. The van der Waals surface area contributed by atoms with Crippen LogP contribution in [0.4, 0.5) is 5.82 Å². The molecule has 0 saturated carbocycles. The van der Waals surface area contributed by atoms with Gasteiger partial charge in [-0.15, -0.1) is 0 Å². The summed E-state index contributed by atoms with van der Waals surface area (Å²) in [5.41, 5.74) is 0. The zero-order valence-corrected chi connectivity index (χ0v) is 12.9. The largest absolute Gasteiger partial charge is 0.490 e. The van der Waals surface area contributed by atoms with E-state index in [2.05, 4.69) is 29.0 Å². The number of anilines is 1. The first-order chi connectivity index (χ1) is 9.72. The Morgan fingerprint density at radius 2 is 2.30 bits per heavy atom. The Morgan fingerprint density at radius 1 is 1.45 bits per heavy atom. The van der Waals surface area contributed by atoms with Crippen LogP contribution in [0.3, 0.4) is 0 Å². The van der Waals surface area contributed by atoms with Crippen molar-refractivity contribution in [3.05, 3.63) is 18.3 Å². The Bertz CT molecular complexity index is 408. The normalized spacial score (nSPS) is 19.4. The highest BCUT2D eigenvalue weighted by Crippen LogP contribution is 2.30. The number of hydrogen-bond donors (Lipinski definition) is 1. The Hall–Kier alpha value is -1.29. The zero-order chi connectivity index (χ0) is 14.4. The monoisotopic (exact) mass is 277 g/mol. The summed E-state index contributed by atoms with van der Waals surface area (Å²) in [6, 6.07) is 5.00. The average Bonchev–Trinajstić information content (AvgIpc) is 2.46. The standard InChI is InChI=1S/C16H27N3O/c1-4-20-15-9-7-10-17-16(15)19-11-6-5-8-14(19)12-18-13(2)3/h7,9-10,13-14,18H,4-6,8,11-12H2,1-3H3. The quantitative estimate of drug-likeness (QED) is 0.867. The molecule has 2 rings (SSSR count). The van der Waals surface area contributed by atoms with Crippen molar-refractivity contribution in [3.63, 3.8) is 0 Å². The van der Waals surface area contributed by atoms with Crippen LogP contribution in [0.2, 0.25) is 0 Å². The molecule has 1 atom stereocenters. The van der Waals surface area contributed by atoms with Crippen LogP contribution >= 0.6 is 0 Å². The van der Waals surface area contributed by atoms with Gasteiger partial charge in [0.1, 0.15) is 0 Å². The van der Waals surface area contributed by atoms with Crippen molar-refractivity contribution in [1.82, 2.24) is 10.3 Å². The molecule has 4 heteroatoms. The number of ether oxygens (including phenoxy) is 1. The highest BCUT2D eigenvalue weighted by Gasteiger charge is 2.25. The smallest absolute Gasteiger partial charge is 0.171 e. The number of nitrogens with one attached hydrogen (secondary N) is 1. The predicted octanol–water partition coefficient (Wildman–Crippen LogP) is 2.84. The number of hydrogen-bond acceptors (Lipinski definition) is 4. The third kappa shape index (κ3) is 3.85. The molecule has 0 aliphatic carbocycles. The molecule has 0 bridgehead atoms. The summed E-state index contributed by atoms with van der Waals surface area (Å²) >= 11 is 0. The summed E-state index contributed by atoms with van der Waals surface area (Å²) in [5, 5.41) is 3.56. The molecule has 1 N–H and O–H groups in total. The summed E-state index contributed by atoms with van der Waals surface area (Å²) in [6.45, 7) is 9.17. The first-order valence-corrected chi connectivity index (χ1v) is 7.80. The fourth-order valence-corrected chi connectivity index (χ4v) is 2.73. The summed E-state index contributed by atoms with van der Waals surface area (Å²) in [4.78, 5) is 6.99. The predicted molar refractivity (Wildman–Crippen MR) is 83.5 cm³/mol. The molecule has 1 aromatic heterocycles. The SMILES string of the molecule is CCOc1cccnc1N1CCCCC1CNC(C)C. The van der Waals surface area contributed by atoms with Gasteiger partial charge in [0.2, 0.25) is 0 Å². The maximum Gasteiger partial charge on any atom is 0.171 e. The highest BCUT2D eigenvalue weighted by molar-refractivity contribution is 5.53. The van der Waals surface area contributed by atoms with Gasteiger partial charge in [-0.3, -0.25) is 0 Å². The van der Waals surface area contributed by atoms with Crippen molar-refractivity contribution in [3.8, 4) is 5.75 Å². The second kappa shape index (κ2) is 7.48. The van der Waals surface area contributed by atoms with E-state index in [-0.39, 0.29) is 0 Å². The molecule has 0 aromatic carbocycles. The third-order valence-electron chi connectivity index (χ3n) is 3.71. The lowest BCUT2D eigenvalue weighted by atomic mass is 10.0. The van der Waals surface area contributed by atoms with Crippen LogP contribution in [0.25, 0.3) is 0 Å². The molecule has 4 nitrogen and oxygen atoms in total. The molecule has 0 radical (unpaired) electrons. The molecule has 0 amide bonds. The topological polar surface area (TPSA) is 37.4 Å². The summed E-state index contributed by atoms with van der Waals surface area (Å²) in [7, 11) is 0. The summed E-state index contributed by atoms with van der Waals surface area (Å²) < 4.78 is 5.74. The van der Waals surface area contributed by atoms with Crippen LogP contribution in [0.5, 0.6) is 5.75 Å². The van der Waals surface area contributed by atoms with Crippen molar-refractivity contribution in [1.29, 1.82) is 0 Å². The van der Waals surface area contributed by atoms with Crippen molar-refractivity contribution in [2.45, 2.75) is 52.1 Å². The van der Waals surface area contributed by atoms with Gasteiger partial charge in [0.15, 0.2) is 11.6 Å². The van der Waals surface area contributed by atoms with E-state index in [1.807, 2.05) is 25.3 Å². The van der Waals surface area contributed by atoms with E-state index < -0.39 is 0 Å². The first kappa shape index (κ1) is 15.1. The molecule has 1 fully saturated rings. The molecule has 2 heterocycles. The molecule has 0 spiro atoms. The number of nitrogens with zero attached hydrogens (tertiary/aromatic N) is 2. The highest BCUT2D eigenvalue weighted by atomic mass is 16.5. The summed E-state index contributed by atoms with van der Waals surface area (Å²) in [6.07, 6.45) is 5.62. The van der Waals surface area contributed by atoms with Gasteiger partial charge in [-0.25, -0.2) is 4.98 Å². The summed E-state index contributed by atoms with van der Waals surface area (Å²) in [5.74, 6) is 1.91. The lowest BCUT2D eigenvalue weighted by Crippen LogP contribution is -2.47. The van der Waals surface area contributed by atoms with Crippen molar-refractivity contribution < 1.29 is 4.74 Å². The van der Waals surface area contributed by atoms with Gasteiger partial charge in [0, 0.05) is 31.4 Å². The molecule has 1 unspecified atom stereocenters. The minimum absolute atomic E-state index is 0.514. The van der Waals surface area contributed by atoms with E-state index in [0.717, 1.165) is 24.7 Å². The van der Waals surface area contributed by atoms with E-state index in [9.17, 15) is 0 Å². The third-order valence-corrected chi connectivity index (χ3v) is 3.71. The van der Waals surface area contributed by atoms with Crippen LogP contribution in [0, 0.1) is 0 Å². The molecule has 1 aliphatic rings. The van der Waals surface area contributed by atoms with Crippen molar-refractivity contribution in [2.75, 3.05) is 24.6 Å². The minimum Gasteiger partial charge on any atom is -0.490 e. The zero-order valence-electron chi connectivity index (χ0n) is 12.9. The number of rotatable bonds is 6. The maximum absolute atomic E-state index is 5.74. The number of aromatic nitrogens is 1. The second-order valence-electron chi connectivity index (χ2n) is 5.66. The molecule has 1 aromatic rings. The molecule has 20 heavy (non-hydrogen) atoms. The molecular formula is C16H27N3O. The van der Waals surface area contributed by atoms with E-state index in [1.165, 1.54) is 19.3 Å². The maximum atomic E-state index is 5.74. The molecule has 112 valence electrons. The van der Waals surface area contributed by atoms with E-state index in [0.29, 0.717) is 18.7 Å². The van der Waals surface area contributed by atoms with Crippen LogP contribution < -0.4 is 15.0 Å². The Morgan fingerprint density at radius 3 is 3.05 bits per heavy atom. The van der Waals surface area contributed by atoms with E-state index >= 15 is 0 Å². The lowest BCUT2D eigenvalue weighted by molar-refractivity contribution is 0.334. The minimum atomic E-state index is 0.514. The lowest BCUT2D eigenvalue weighted by Gasteiger charge is -2.37. The molecule has 1 saturated heterocycles. The van der Waals surface area contributed by atoms with Crippen LogP contribution in [0.1, 0.15) is 40.0 Å². The van der Waals surface area contributed by atoms with E-state index in [1.54, 1.807) is 0 Å². The van der Waals surface area contributed by atoms with Crippen LogP contribution in [0.15, 0.2) is 18.3 Å². The van der Waals surface area contributed by atoms with Crippen LogP contribution in [-0.4, -0.2) is 36.8 Å². The average molecular weight is 277 g/mol. The van der Waals surface area contributed by atoms with Gasteiger partial charge < -0.3 is 15.0 Å². The fourth-order valence-electron chi connectivity index (χ4n) is 2.73. The van der Waals surface area contributed by atoms with Gasteiger partial charge >= 0.3 is 0 Å². The van der Waals surface area contributed by atoms with Gasteiger partial charge in [-0.1, -0.05) is 13.8 Å².